The highest BCUT2D eigenvalue weighted by atomic mass is 16.5. The van der Waals surface area contributed by atoms with Crippen molar-refractivity contribution in [3.05, 3.63) is 59.7 Å². The Morgan fingerprint density at radius 2 is 1.66 bits per heavy atom. The third-order valence-electron chi connectivity index (χ3n) is 6.68. The average molecular weight is 437 g/mol. The van der Waals surface area contributed by atoms with E-state index in [9.17, 15) is 19.5 Å². The number of hydrogen-bond donors (Lipinski definition) is 3. The first-order valence-corrected chi connectivity index (χ1v) is 11.0. The molecule has 2 aliphatic rings. The number of carboxylic acids is 1. The SMILES string of the molecule is CCC1(CNC(=O)C(CC(=O)O)NC(=O)OCC2c3ccccc3-c3ccccc32)CC1. The Balaban J connectivity index is 1.38. The Kier molecular flexibility index (Phi) is 6.17. The molecule has 0 spiro atoms. The van der Waals surface area contributed by atoms with Crippen molar-refractivity contribution < 1.29 is 24.2 Å². The number of carbonyl (C=O) groups excluding carboxylic acids is 2. The van der Waals surface area contributed by atoms with Crippen molar-refractivity contribution in [3.8, 4) is 11.1 Å². The fourth-order valence-corrected chi connectivity index (χ4v) is 4.40. The van der Waals surface area contributed by atoms with Crippen molar-refractivity contribution >= 4 is 18.0 Å². The molecule has 2 aromatic carbocycles. The van der Waals surface area contributed by atoms with Crippen LogP contribution in [0.2, 0.25) is 0 Å². The molecule has 32 heavy (non-hydrogen) atoms. The second-order valence-electron chi connectivity index (χ2n) is 8.69. The van der Waals surface area contributed by atoms with Crippen LogP contribution in [-0.2, 0) is 14.3 Å². The minimum absolute atomic E-state index is 0.0974. The maximum atomic E-state index is 12.5. The molecule has 0 aromatic heterocycles. The lowest BCUT2D eigenvalue weighted by atomic mass is 9.98. The van der Waals surface area contributed by atoms with Crippen LogP contribution < -0.4 is 10.6 Å². The Hall–Kier alpha value is -3.35. The van der Waals surface area contributed by atoms with Crippen LogP contribution in [0.4, 0.5) is 4.79 Å². The van der Waals surface area contributed by atoms with Gasteiger partial charge >= 0.3 is 12.1 Å². The van der Waals surface area contributed by atoms with Crippen molar-refractivity contribution in [2.45, 2.75) is 44.6 Å². The molecule has 1 atom stereocenters. The Labute approximate surface area is 187 Å². The highest BCUT2D eigenvalue weighted by molar-refractivity contribution is 5.89. The first-order valence-electron chi connectivity index (χ1n) is 11.0. The maximum Gasteiger partial charge on any atom is 0.407 e. The lowest BCUT2D eigenvalue weighted by molar-refractivity contribution is -0.139. The van der Waals surface area contributed by atoms with Gasteiger partial charge in [0.25, 0.3) is 0 Å². The fourth-order valence-electron chi connectivity index (χ4n) is 4.40. The van der Waals surface area contributed by atoms with Gasteiger partial charge in [-0.3, -0.25) is 9.59 Å². The number of carbonyl (C=O) groups is 3. The summed E-state index contributed by atoms with van der Waals surface area (Å²) in [5, 5.41) is 14.4. The maximum absolute atomic E-state index is 12.5. The molecule has 7 heteroatoms. The fraction of sp³-hybridized carbons (Fsp3) is 0.400. The van der Waals surface area contributed by atoms with E-state index in [1.165, 1.54) is 0 Å². The number of rotatable bonds is 9. The molecule has 0 heterocycles. The number of benzene rings is 2. The van der Waals surface area contributed by atoms with E-state index >= 15 is 0 Å². The summed E-state index contributed by atoms with van der Waals surface area (Å²) in [6, 6.07) is 14.8. The summed E-state index contributed by atoms with van der Waals surface area (Å²) in [5.74, 6) is -1.78. The van der Waals surface area contributed by atoms with Gasteiger partial charge in [0.05, 0.1) is 6.42 Å². The van der Waals surface area contributed by atoms with Crippen molar-refractivity contribution in [3.63, 3.8) is 0 Å². The van der Waals surface area contributed by atoms with E-state index in [1.54, 1.807) is 0 Å². The first-order chi connectivity index (χ1) is 15.4. The summed E-state index contributed by atoms with van der Waals surface area (Å²) >= 11 is 0. The predicted molar refractivity (Wildman–Crippen MR) is 119 cm³/mol. The van der Waals surface area contributed by atoms with Gasteiger partial charge in [0.15, 0.2) is 0 Å². The molecule has 4 rings (SSSR count). The molecule has 0 aliphatic heterocycles. The zero-order valence-electron chi connectivity index (χ0n) is 18.1. The second kappa shape index (κ2) is 9.02. The minimum Gasteiger partial charge on any atom is -0.481 e. The Morgan fingerprint density at radius 1 is 1.06 bits per heavy atom. The van der Waals surface area contributed by atoms with Gasteiger partial charge in [0.2, 0.25) is 5.91 Å². The van der Waals surface area contributed by atoms with E-state index in [-0.39, 0.29) is 17.9 Å². The largest absolute Gasteiger partial charge is 0.481 e. The number of amides is 2. The van der Waals surface area contributed by atoms with Crippen LogP contribution in [-0.4, -0.2) is 42.3 Å². The summed E-state index contributed by atoms with van der Waals surface area (Å²) in [6.45, 7) is 2.66. The number of fused-ring (bicyclic) bond motifs is 3. The van der Waals surface area contributed by atoms with Gasteiger partial charge < -0.3 is 20.5 Å². The van der Waals surface area contributed by atoms with Crippen molar-refractivity contribution in [2.75, 3.05) is 13.2 Å². The van der Waals surface area contributed by atoms with Gasteiger partial charge in [0.1, 0.15) is 12.6 Å². The molecule has 2 aromatic rings. The zero-order valence-corrected chi connectivity index (χ0v) is 18.1. The van der Waals surface area contributed by atoms with Crippen LogP contribution in [0.1, 0.15) is 49.7 Å². The number of hydrogen-bond acceptors (Lipinski definition) is 4. The summed E-state index contributed by atoms with van der Waals surface area (Å²) < 4.78 is 5.46. The average Bonchev–Trinajstić information content (AvgIpc) is 3.51. The van der Waals surface area contributed by atoms with E-state index in [0.29, 0.717) is 6.54 Å². The molecule has 1 saturated carbocycles. The van der Waals surface area contributed by atoms with Crippen LogP contribution in [0.3, 0.4) is 0 Å². The smallest absolute Gasteiger partial charge is 0.407 e. The van der Waals surface area contributed by atoms with E-state index in [2.05, 4.69) is 17.6 Å². The van der Waals surface area contributed by atoms with Gasteiger partial charge in [-0.2, -0.15) is 0 Å². The number of alkyl carbamates (subject to hydrolysis) is 1. The van der Waals surface area contributed by atoms with Crippen LogP contribution in [0, 0.1) is 5.41 Å². The molecule has 1 fully saturated rings. The molecular formula is C25H28N2O5. The van der Waals surface area contributed by atoms with Crippen LogP contribution in [0.25, 0.3) is 11.1 Å². The van der Waals surface area contributed by atoms with E-state index in [1.807, 2.05) is 48.5 Å². The second-order valence-corrected chi connectivity index (χ2v) is 8.69. The molecule has 168 valence electrons. The van der Waals surface area contributed by atoms with Crippen LogP contribution in [0.15, 0.2) is 48.5 Å². The number of aliphatic carboxylic acids is 1. The molecule has 2 amide bonds. The number of nitrogens with one attached hydrogen (secondary N) is 2. The van der Waals surface area contributed by atoms with Crippen LogP contribution in [0.5, 0.6) is 0 Å². The molecule has 7 nitrogen and oxygen atoms in total. The lowest BCUT2D eigenvalue weighted by Crippen LogP contribution is -2.49. The monoisotopic (exact) mass is 436 g/mol. The summed E-state index contributed by atoms with van der Waals surface area (Å²) in [7, 11) is 0. The third-order valence-corrected chi connectivity index (χ3v) is 6.68. The summed E-state index contributed by atoms with van der Waals surface area (Å²) in [4.78, 5) is 36.3. The third kappa shape index (κ3) is 4.61. The Bertz CT molecular complexity index is 985. The van der Waals surface area contributed by atoms with Crippen LogP contribution >= 0.6 is 0 Å². The highest BCUT2D eigenvalue weighted by Gasteiger charge is 2.41. The highest BCUT2D eigenvalue weighted by Crippen LogP contribution is 2.48. The van der Waals surface area contributed by atoms with Gasteiger partial charge in [-0.1, -0.05) is 55.5 Å². The molecule has 1 unspecified atom stereocenters. The lowest BCUT2D eigenvalue weighted by Gasteiger charge is -2.20. The van der Waals surface area contributed by atoms with Gasteiger partial charge in [0, 0.05) is 12.5 Å². The molecule has 2 aliphatic carbocycles. The standard InChI is InChI=1S/C25H28N2O5/c1-2-25(11-12-25)15-26-23(30)21(13-22(28)29)27-24(31)32-14-20-18-9-5-3-7-16(18)17-8-4-6-10-19(17)20/h3-10,20-21H,2,11-15H2,1H3,(H,26,30)(H,27,31)(H,28,29). The number of carboxylic acid groups (broad SMARTS) is 1. The molecular weight excluding hydrogens is 408 g/mol. The predicted octanol–water partition coefficient (Wildman–Crippen LogP) is 3.67. The Morgan fingerprint density at radius 3 is 2.19 bits per heavy atom. The van der Waals surface area contributed by atoms with Crippen molar-refractivity contribution in [1.29, 1.82) is 0 Å². The summed E-state index contributed by atoms with van der Waals surface area (Å²) in [5.41, 5.74) is 4.51. The quantitative estimate of drug-likeness (QED) is 0.556. The normalized spacial score (nSPS) is 16.4. The van der Waals surface area contributed by atoms with Crippen molar-refractivity contribution in [2.24, 2.45) is 5.41 Å². The van der Waals surface area contributed by atoms with E-state index < -0.39 is 30.4 Å². The van der Waals surface area contributed by atoms with E-state index in [4.69, 9.17) is 4.74 Å². The van der Waals surface area contributed by atoms with Crippen molar-refractivity contribution in [1.82, 2.24) is 10.6 Å². The molecule has 0 bridgehead atoms. The minimum atomic E-state index is -1.18. The van der Waals surface area contributed by atoms with Gasteiger partial charge in [-0.25, -0.2) is 4.79 Å². The zero-order chi connectivity index (χ0) is 22.7. The topological polar surface area (TPSA) is 105 Å². The summed E-state index contributed by atoms with van der Waals surface area (Å²) in [6.07, 6.45) is 1.75. The number of ether oxygens (including phenoxy) is 1. The van der Waals surface area contributed by atoms with E-state index in [0.717, 1.165) is 41.5 Å². The molecule has 3 N–H and O–H groups in total. The molecule has 0 radical (unpaired) electrons. The van der Waals surface area contributed by atoms with Gasteiger partial charge in [-0.15, -0.1) is 0 Å². The first kappa shape index (κ1) is 21.9. The van der Waals surface area contributed by atoms with Gasteiger partial charge in [-0.05, 0) is 46.9 Å². The molecule has 0 saturated heterocycles.